The van der Waals surface area contributed by atoms with Crippen LogP contribution in [-0.4, -0.2) is 9.55 Å². The van der Waals surface area contributed by atoms with E-state index in [4.69, 9.17) is 23.4 Å². The van der Waals surface area contributed by atoms with Gasteiger partial charge in [0, 0.05) is 72.5 Å². The molecule has 3 heterocycles. The first-order valence-corrected chi connectivity index (χ1v) is 22.9. The van der Waals surface area contributed by atoms with Crippen molar-refractivity contribution in [2.45, 2.75) is 85.0 Å². The molecule has 0 unspecified atom stereocenters. The summed E-state index contributed by atoms with van der Waals surface area (Å²) in [6, 6.07) is 32.7. The summed E-state index contributed by atoms with van der Waals surface area (Å²) in [6.07, 6.45) is 9.59. The zero-order valence-corrected chi connectivity index (χ0v) is 40.6. The molecule has 67 heavy (non-hydrogen) atoms. The first-order chi connectivity index (χ1) is 36.4. The second-order valence-corrected chi connectivity index (χ2v) is 17.8. The monoisotopic (exact) mass is 1070 g/mol. The van der Waals surface area contributed by atoms with Gasteiger partial charge in [-0.15, -0.1) is 48.1 Å². The Bertz CT molecular complexity index is 3620. The first kappa shape index (κ1) is 34.8. The number of para-hydroxylation sites is 3. The Kier molecular flexibility index (Phi) is 10.3. The zero-order chi connectivity index (χ0) is 53.9. The van der Waals surface area contributed by atoms with Crippen LogP contribution in [0.1, 0.15) is 97.1 Å². The summed E-state index contributed by atoms with van der Waals surface area (Å²) in [7, 11) is 0. The number of aryl methyl sites for hydroxylation is 2. The number of hydrogen-bond acceptors (Lipinski definition) is 4. The molecule has 0 spiro atoms. The van der Waals surface area contributed by atoms with E-state index in [9.17, 15) is 0 Å². The van der Waals surface area contributed by atoms with E-state index < -0.39 is 60.4 Å². The van der Waals surface area contributed by atoms with E-state index in [0.29, 0.717) is 28.6 Å². The predicted octanol–water partition coefficient (Wildman–Crippen LogP) is 16.7. The molecule has 0 saturated carbocycles. The fraction of sp³-hybridized carbons (Fsp3) is 0.213. The number of unbranched alkanes of at least 4 members (excludes halogenated alkanes) is 3. The van der Waals surface area contributed by atoms with Gasteiger partial charge in [0.2, 0.25) is 0 Å². The minimum absolute atomic E-state index is 0. The first-order valence-electron chi connectivity index (χ1n) is 27.9. The number of ether oxygens (including phenoxy) is 1. The van der Waals surface area contributed by atoms with E-state index in [-0.39, 0.29) is 54.4 Å². The van der Waals surface area contributed by atoms with Crippen LogP contribution >= 0.6 is 0 Å². The van der Waals surface area contributed by atoms with E-state index in [1.165, 1.54) is 35.8 Å². The van der Waals surface area contributed by atoms with E-state index in [2.05, 4.69) is 81.7 Å². The van der Waals surface area contributed by atoms with E-state index in [1.807, 2.05) is 59.6 Å². The molecule has 0 amide bonds. The van der Waals surface area contributed by atoms with Crippen LogP contribution in [0.5, 0.6) is 11.5 Å². The molecule has 2 aromatic heterocycles. The number of pyridine rings is 1. The minimum atomic E-state index is -0.560. The summed E-state index contributed by atoms with van der Waals surface area (Å²) in [5.74, 6) is 1.66. The Morgan fingerprint density at radius 2 is 1.36 bits per heavy atom. The normalized spacial score (nSPS) is 14.5. The third kappa shape index (κ3) is 9.07. The van der Waals surface area contributed by atoms with Crippen LogP contribution in [0.15, 0.2) is 164 Å². The molecule has 7 aromatic carbocycles. The molecule has 340 valence electrons. The largest absolute Gasteiger partial charge is 0.509 e. The Hall–Kier alpha value is -6.42. The van der Waals surface area contributed by atoms with Gasteiger partial charge < -0.3 is 19.1 Å². The molecule has 0 saturated heterocycles. The zero-order valence-electron chi connectivity index (χ0n) is 48.4. The van der Waals surface area contributed by atoms with Crippen molar-refractivity contribution in [1.82, 2.24) is 9.55 Å². The average Bonchev–Trinajstić information content (AvgIpc) is 4.09. The maximum Gasteiger partial charge on any atom is 0.135 e. The van der Waals surface area contributed by atoms with Gasteiger partial charge in [0.1, 0.15) is 5.82 Å². The van der Waals surface area contributed by atoms with Crippen molar-refractivity contribution >= 4 is 44.6 Å². The van der Waals surface area contributed by atoms with Crippen molar-refractivity contribution in [1.29, 1.82) is 0 Å². The maximum absolute atomic E-state index is 9.06. The molecule has 5 nitrogen and oxygen atoms in total. The molecular formula is C61H57N4OPt-3. The maximum atomic E-state index is 9.06. The second kappa shape index (κ2) is 19.8. The van der Waals surface area contributed by atoms with E-state index >= 15 is 0 Å². The minimum Gasteiger partial charge on any atom is -0.509 e. The van der Waals surface area contributed by atoms with E-state index in [1.54, 1.807) is 29.8 Å². The Morgan fingerprint density at radius 3 is 2.04 bits per heavy atom. The number of benzene rings is 7. The van der Waals surface area contributed by atoms with Crippen LogP contribution in [0.2, 0.25) is 0 Å². The topological polar surface area (TPSA) is 33.5 Å². The standard InChI is InChI=1S/C61H57N4O.Pt/c1-6-8-9-12-26-45-33-36-56-59(50(45)21-7-2)53-35-34-49(41-57(53)65(56)58-39-46(37-38-62-58)61(3,4)5)66-48-28-19-27-47(40-48)63-42-64(55-32-18-17-31-54(55)63)60-51(43-22-13-10-14-23-43)29-20-30-52(60)44-24-15-11-16-25-44;/h10-11,13-20,22-25,27-39,42H,6-9,12,21,26H2,1-5H3;/q-3;/i10D,11D,13D,14D,15D,16D,22D,23D,24D,25D;. The molecule has 6 heteroatoms. The Morgan fingerprint density at radius 1 is 0.672 bits per heavy atom. The third-order valence-corrected chi connectivity index (χ3v) is 12.3. The van der Waals surface area contributed by atoms with Gasteiger partial charge in [-0.2, -0.15) is 12.1 Å². The van der Waals surface area contributed by atoms with Gasteiger partial charge in [-0.05, 0) is 88.2 Å². The summed E-state index contributed by atoms with van der Waals surface area (Å²) in [6.45, 7) is 12.8. The van der Waals surface area contributed by atoms with E-state index in [0.717, 1.165) is 53.5 Å². The number of hydrogen-bond donors (Lipinski definition) is 0. The quantitative estimate of drug-likeness (QED) is 0.0803. The van der Waals surface area contributed by atoms with Crippen LogP contribution < -0.4 is 14.5 Å². The van der Waals surface area contributed by atoms with Gasteiger partial charge in [-0.3, -0.25) is 0 Å². The fourth-order valence-electron chi connectivity index (χ4n) is 9.16. The molecule has 0 N–H and O–H groups in total. The van der Waals surface area contributed by atoms with Crippen molar-refractivity contribution in [3.05, 3.63) is 199 Å². The van der Waals surface area contributed by atoms with Crippen LogP contribution in [-0.2, 0) is 39.3 Å². The molecule has 0 radical (unpaired) electrons. The van der Waals surface area contributed by atoms with Crippen molar-refractivity contribution in [3.63, 3.8) is 0 Å². The smallest absolute Gasteiger partial charge is 0.135 e. The van der Waals surface area contributed by atoms with Gasteiger partial charge in [-0.25, -0.2) is 4.98 Å². The predicted molar refractivity (Wildman–Crippen MR) is 276 cm³/mol. The molecule has 0 aliphatic carbocycles. The molecule has 1 aliphatic rings. The summed E-state index contributed by atoms with van der Waals surface area (Å²) in [4.78, 5) is 8.60. The molecule has 10 rings (SSSR count). The number of aromatic nitrogens is 2. The van der Waals surface area contributed by atoms with Crippen molar-refractivity contribution in [2.24, 2.45) is 0 Å². The second-order valence-electron chi connectivity index (χ2n) is 17.8. The number of anilines is 4. The van der Waals surface area contributed by atoms with Crippen molar-refractivity contribution in [2.75, 3.05) is 9.80 Å². The fourth-order valence-corrected chi connectivity index (χ4v) is 9.16. The Balaban J connectivity index is 0.00000722. The molecular weight excluding hydrogens is 1000 g/mol. The molecule has 9 aromatic rings. The summed E-state index contributed by atoms with van der Waals surface area (Å²) < 4.78 is 96.3. The van der Waals surface area contributed by atoms with Crippen molar-refractivity contribution in [3.8, 4) is 39.6 Å². The van der Waals surface area contributed by atoms with Crippen molar-refractivity contribution < 1.29 is 39.5 Å². The Labute approximate surface area is 425 Å². The van der Waals surface area contributed by atoms with Gasteiger partial charge in [0.15, 0.2) is 0 Å². The van der Waals surface area contributed by atoms with Crippen LogP contribution in [0.25, 0.3) is 49.9 Å². The summed E-state index contributed by atoms with van der Waals surface area (Å²) in [5, 5.41) is 2.27. The SMILES string of the molecule is [2H]c1c([2H])c([2H])c(-c2cccc(-c3c([2H])c([2H])c([2H])c([2H])c3[2H])c2N2[CH-]N(c3[c-]c(Oc4[c-]c5c(cc4)c4c(CCC)c(CCCCCC)ccc4n5-c4cc(C(C)(C)C)ccn4)ccc3)c3ccccc32)c([2H])c1[2H].[Pt]. The van der Waals surface area contributed by atoms with Crippen LogP contribution in [0, 0.1) is 18.8 Å². The van der Waals surface area contributed by atoms with Crippen LogP contribution in [0.3, 0.4) is 0 Å². The average molecular weight is 1070 g/mol. The summed E-state index contributed by atoms with van der Waals surface area (Å²) in [5.41, 5.74) is 7.90. The van der Waals surface area contributed by atoms with Gasteiger partial charge in [0.05, 0.1) is 13.7 Å². The third-order valence-electron chi connectivity index (χ3n) is 12.3. The van der Waals surface area contributed by atoms with Gasteiger partial charge >= 0.3 is 0 Å². The number of rotatable bonds is 14. The van der Waals surface area contributed by atoms with Gasteiger partial charge in [-0.1, -0.05) is 163 Å². The number of nitrogens with zero attached hydrogens (tertiary/aromatic N) is 4. The summed E-state index contributed by atoms with van der Waals surface area (Å²) >= 11 is 0. The molecule has 0 atom stereocenters. The molecule has 1 aliphatic heterocycles. The van der Waals surface area contributed by atoms with Gasteiger partial charge in [0.25, 0.3) is 0 Å². The molecule has 0 bridgehead atoms. The van der Waals surface area contributed by atoms with Crippen LogP contribution in [0.4, 0.5) is 22.7 Å². The molecule has 0 fully saturated rings. The number of fused-ring (bicyclic) bond motifs is 4.